The van der Waals surface area contributed by atoms with Crippen LogP contribution in [0.1, 0.15) is 23.2 Å². The summed E-state index contributed by atoms with van der Waals surface area (Å²) in [6.07, 6.45) is 3.40. The Labute approximate surface area is 153 Å². The van der Waals surface area contributed by atoms with Crippen molar-refractivity contribution in [3.05, 3.63) is 36.1 Å². The van der Waals surface area contributed by atoms with Crippen molar-refractivity contribution in [2.24, 2.45) is 5.92 Å². The fraction of sp³-hybridized carbons (Fsp3) is 0.500. The van der Waals surface area contributed by atoms with Crippen LogP contribution < -0.4 is 0 Å². The first-order valence-electron chi connectivity index (χ1n) is 8.82. The molecule has 1 aromatic heterocycles. The van der Waals surface area contributed by atoms with Crippen LogP contribution in [-0.2, 0) is 10.2 Å². The van der Waals surface area contributed by atoms with Gasteiger partial charge in [-0.3, -0.25) is 4.79 Å². The van der Waals surface area contributed by atoms with Crippen LogP contribution in [0.4, 0.5) is 0 Å². The van der Waals surface area contributed by atoms with E-state index in [-0.39, 0.29) is 17.9 Å². The van der Waals surface area contributed by atoms with E-state index in [1.165, 1.54) is 8.61 Å². The number of hydrogen-bond acceptors (Lipinski definition) is 4. The van der Waals surface area contributed by atoms with Gasteiger partial charge in [0.2, 0.25) is 0 Å². The fourth-order valence-corrected chi connectivity index (χ4v) is 5.19. The Bertz CT molecular complexity index is 937. The zero-order valence-corrected chi connectivity index (χ0v) is 15.8. The minimum absolute atomic E-state index is 0.0353. The molecule has 3 saturated heterocycles. The largest absolute Gasteiger partial charge is 0.464 e. The molecule has 5 rings (SSSR count). The van der Waals surface area contributed by atoms with Gasteiger partial charge in [-0.25, -0.2) is 0 Å². The van der Waals surface area contributed by atoms with Gasteiger partial charge >= 0.3 is 0 Å². The number of amides is 1. The summed E-state index contributed by atoms with van der Waals surface area (Å²) in [7, 11) is -0.374. The van der Waals surface area contributed by atoms with E-state index in [2.05, 4.69) is 0 Å². The van der Waals surface area contributed by atoms with E-state index in [1.807, 2.05) is 17.0 Å². The molecule has 3 fully saturated rings. The maximum absolute atomic E-state index is 13.1. The SMILES string of the molecule is CN(C)S(=O)(=O)N1C[C@H]2CC[C@@H](C1)N(C(=O)c1ccc3occc3c1)C2. The number of nitrogens with zero attached hydrogens (tertiary/aromatic N) is 3. The van der Waals surface area contributed by atoms with Crippen molar-refractivity contribution >= 4 is 27.1 Å². The van der Waals surface area contributed by atoms with Gasteiger partial charge in [-0.05, 0) is 43.0 Å². The summed E-state index contributed by atoms with van der Waals surface area (Å²) < 4.78 is 33.2. The van der Waals surface area contributed by atoms with Crippen molar-refractivity contribution in [2.45, 2.75) is 18.9 Å². The summed E-state index contributed by atoms with van der Waals surface area (Å²) in [4.78, 5) is 15.0. The van der Waals surface area contributed by atoms with Gasteiger partial charge in [-0.15, -0.1) is 0 Å². The summed E-state index contributed by atoms with van der Waals surface area (Å²) in [5.41, 5.74) is 1.37. The second kappa shape index (κ2) is 6.37. The minimum atomic E-state index is -3.47. The summed E-state index contributed by atoms with van der Waals surface area (Å²) in [5, 5.41) is 0.896. The molecule has 3 aliphatic heterocycles. The van der Waals surface area contributed by atoms with Crippen molar-refractivity contribution in [1.29, 1.82) is 0 Å². The standard InChI is InChI=1S/C18H23N3O4S/c1-19(2)26(23,24)20-10-13-3-5-16(12-20)21(11-13)18(22)15-4-6-17-14(9-15)7-8-25-17/h4,6-9,13,16H,3,5,10-12H2,1-2H3/t13-,16+/m1/s1. The van der Waals surface area contributed by atoms with Crippen LogP contribution in [-0.4, -0.2) is 67.6 Å². The lowest BCUT2D eigenvalue weighted by Crippen LogP contribution is -2.48. The highest BCUT2D eigenvalue weighted by Gasteiger charge is 2.41. The summed E-state index contributed by atoms with van der Waals surface area (Å²) in [6.45, 7) is 1.44. The highest BCUT2D eigenvalue weighted by atomic mass is 32.2. The Morgan fingerprint density at radius 2 is 1.96 bits per heavy atom. The number of fused-ring (bicyclic) bond motifs is 5. The smallest absolute Gasteiger partial charge is 0.281 e. The summed E-state index contributed by atoms with van der Waals surface area (Å²) in [6, 6.07) is 7.18. The zero-order valence-electron chi connectivity index (χ0n) is 15.0. The zero-order chi connectivity index (χ0) is 18.5. The number of hydrogen-bond donors (Lipinski definition) is 0. The molecule has 0 saturated carbocycles. The van der Waals surface area contributed by atoms with Gasteiger partial charge in [0.15, 0.2) is 0 Å². The maximum atomic E-state index is 13.1. The Kier molecular flexibility index (Phi) is 4.29. The Morgan fingerprint density at radius 1 is 1.15 bits per heavy atom. The molecule has 7 nitrogen and oxygen atoms in total. The number of piperidine rings is 1. The van der Waals surface area contributed by atoms with E-state index in [9.17, 15) is 13.2 Å². The van der Waals surface area contributed by atoms with Gasteiger partial charge in [0, 0.05) is 50.7 Å². The van der Waals surface area contributed by atoms with E-state index in [4.69, 9.17) is 4.42 Å². The molecule has 0 aliphatic carbocycles. The predicted molar refractivity (Wildman–Crippen MR) is 97.9 cm³/mol. The third-order valence-electron chi connectivity index (χ3n) is 5.43. The molecule has 3 aliphatic rings. The Balaban J connectivity index is 1.61. The molecule has 2 bridgehead atoms. The van der Waals surface area contributed by atoms with Gasteiger partial charge in [0.25, 0.3) is 16.1 Å². The molecule has 1 amide bonds. The van der Waals surface area contributed by atoms with Crippen LogP contribution in [0.15, 0.2) is 34.9 Å². The predicted octanol–water partition coefficient (Wildman–Crippen LogP) is 1.78. The van der Waals surface area contributed by atoms with Crippen molar-refractivity contribution in [3.8, 4) is 0 Å². The molecular formula is C18H23N3O4S. The van der Waals surface area contributed by atoms with Gasteiger partial charge in [-0.1, -0.05) is 0 Å². The summed E-state index contributed by atoms with van der Waals surface area (Å²) in [5.74, 6) is 0.136. The van der Waals surface area contributed by atoms with Gasteiger partial charge in [0.05, 0.1) is 6.26 Å². The van der Waals surface area contributed by atoms with Crippen molar-refractivity contribution in [3.63, 3.8) is 0 Å². The molecule has 2 atom stereocenters. The van der Waals surface area contributed by atoms with Gasteiger partial charge < -0.3 is 9.32 Å². The van der Waals surface area contributed by atoms with Crippen LogP contribution in [0.5, 0.6) is 0 Å². The van der Waals surface area contributed by atoms with Crippen LogP contribution in [0.3, 0.4) is 0 Å². The first-order chi connectivity index (χ1) is 12.4. The third-order valence-corrected chi connectivity index (χ3v) is 7.30. The quantitative estimate of drug-likeness (QED) is 0.817. The molecule has 140 valence electrons. The van der Waals surface area contributed by atoms with Crippen molar-refractivity contribution in [2.75, 3.05) is 33.7 Å². The molecule has 4 heterocycles. The van der Waals surface area contributed by atoms with E-state index in [0.717, 1.165) is 23.8 Å². The van der Waals surface area contributed by atoms with E-state index >= 15 is 0 Å². The van der Waals surface area contributed by atoms with E-state index in [0.29, 0.717) is 25.2 Å². The Hall–Kier alpha value is -1.90. The lowest BCUT2D eigenvalue weighted by molar-refractivity contribution is 0.0588. The normalized spacial score (nSPS) is 24.3. The molecule has 0 radical (unpaired) electrons. The van der Waals surface area contributed by atoms with E-state index < -0.39 is 10.2 Å². The number of furan rings is 1. The molecule has 8 heteroatoms. The molecule has 1 aromatic carbocycles. The van der Waals surface area contributed by atoms with Gasteiger partial charge in [0.1, 0.15) is 5.58 Å². The highest BCUT2D eigenvalue weighted by molar-refractivity contribution is 7.86. The van der Waals surface area contributed by atoms with Gasteiger partial charge in [-0.2, -0.15) is 17.0 Å². The van der Waals surface area contributed by atoms with Crippen LogP contribution in [0, 0.1) is 5.92 Å². The fourth-order valence-electron chi connectivity index (χ4n) is 3.97. The third kappa shape index (κ3) is 2.91. The highest BCUT2D eigenvalue weighted by Crippen LogP contribution is 2.31. The first-order valence-corrected chi connectivity index (χ1v) is 10.2. The average molecular weight is 377 g/mol. The number of rotatable bonds is 3. The molecule has 0 unspecified atom stereocenters. The lowest BCUT2D eigenvalue weighted by Gasteiger charge is -2.36. The second-order valence-corrected chi connectivity index (χ2v) is 9.48. The molecule has 26 heavy (non-hydrogen) atoms. The van der Waals surface area contributed by atoms with Crippen LogP contribution in [0.25, 0.3) is 11.0 Å². The molecule has 2 aromatic rings. The van der Waals surface area contributed by atoms with Crippen molar-refractivity contribution in [1.82, 2.24) is 13.5 Å². The second-order valence-electron chi connectivity index (χ2n) is 7.34. The number of carbonyl (C=O) groups is 1. The minimum Gasteiger partial charge on any atom is -0.464 e. The molecule has 0 spiro atoms. The first kappa shape index (κ1) is 17.5. The molecular weight excluding hydrogens is 354 g/mol. The lowest BCUT2D eigenvalue weighted by atomic mass is 9.94. The topological polar surface area (TPSA) is 74.1 Å². The Morgan fingerprint density at radius 3 is 2.73 bits per heavy atom. The maximum Gasteiger partial charge on any atom is 0.281 e. The van der Waals surface area contributed by atoms with Crippen molar-refractivity contribution < 1.29 is 17.6 Å². The van der Waals surface area contributed by atoms with E-state index in [1.54, 1.807) is 32.5 Å². The average Bonchev–Trinajstić information content (AvgIpc) is 2.88. The molecule has 0 N–H and O–H groups in total. The van der Waals surface area contributed by atoms with Crippen LogP contribution in [0.2, 0.25) is 0 Å². The van der Waals surface area contributed by atoms with Crippen LogP contribution >= 0.6 is 0 Å². The summed E-state index contributed by atoms with van der Waals surface area (Å²) >= 11 is 0. The number of benzene rings is 1. The number of carbonyl (C=O) groups excluding carboxylic acids is 1. The monoisotopic (exact) mass is 377 g/mol.